The van der Waals surface area contributed by atoms with E-state index in [0.29, 0.717) is 35.9 Å². The molecule has 3 heteroatoms. The van der Waals surface area contributed by atoms with E-state index in [1.54, 1.807) is 0 Å². The predicted octanol–water partition coefficient (Wildman–Crippen LogP) is 4.86. The van der Waals surface area contributed by atoms with E-state index in [0.717, 1.165) is 44.2 Å². The molecule has 3 nitrogen and oxygen atoms in total. The van der Waals surface area contributed by atoms with Crippen LogP contribution in [0.4, 0.5) is 5.69 Å². The number of hydrogen-bond acceptors (Lipinski definition) is 3. The van der Waals surface area contributed by atoms with E-state index in [2.05, 4.69) is 26.0 Å². The van der Waals surface area contributed by atoms with Gasteiger partial charge in [0.25, 0.3) is 0 Å². The van der Waals surface area contributed by atoms with Gasteiger partial charge in [0.1, 0.15) is 0 Å². The van der Waals surface area contributed by atoms with Crippen LogP contribution in [0.2, 0.25) is 0 Å². The van der Waals surface area contributed by atoms with Gasteiger partial charge in [-0.2, -0.15) is 0 Å². The Labute approximate surface area is 168 Å². The Morgan fingerprint density at radius 1 is 1.07 bits per heavy atom. The summed E-state index contributed by atoms with van der Waals surface area (Å²) >= 11 is 0. The molecule has 0 amide bonds. The summed E-state index contributed by atoms with van der Waals surface area (Å²) in [5, 5.41) is 10.9. The van der Waals surface area contributed by atoms with Crippen molar-refractivity contribution in [3.63, 3.8) is 0 Å². The second-order valence-corrected chi connectivity index (χ2v) is 10.5. The molecule has 28 heavy (non-hydrogen) atoms. The molecule has 7 unspecified atom stereocenters. The third-order valence-corrected chi connectivity index (χ3v) is 9.24. The molecular formula is C25H33NO2. The minimum atomic E-state index is -0.188. The van der Waals surface area contributed by atoms with Crippen LogP contribution in [-0.2, 0) is 4.79 Å². The fourth-order valence-electron chi connectivity index (χ4n) is 7.79. The largest absolute Gasteiger partial charge is 0.399 e. The second kappa shape index (κ2) is 6.19. The highest BCUT2D eigenvalue weighted by Crippen LogP contribution is 2.68. The summed E-state index contributed by atoms with van der Waals surface area (Å²) in [5.74, 6) is 2.52. The molecule has 1 aromatic carbocycles. The van der Waals surface area contributed by atoms with E-state index in [1.807, 2.05) is 18.2 Å². The summed E-state index contributed by atoms with van der Waals surface area (Å²) in [7, 11) is 0. The van der Waals surface area contributed by atoms with Crippen molar-refractivity contribution >= 4 is 11.5 Å². The number of nitrogen functional groups attached to an aromatic ring is 1. The Kier molecular flexibility index (Phi) is 4.07. The zero-order valence-corrected chi connectivity index (χ0v) is 17.2. The average molecular weight is 380 g/mol. The lowest BCUT2D eigenvalue weighted by molar-refractivity contribution is -0.118. The number of hydrogen-bond donors (Lipinski definition) is 2. The van der Waals surface area contributed by atoms with Crippen LogP contribution >= 0.6 is 0 Å². The molecule has 0 bridgehead atoms. The number of anilines is 1. The SMILES string of the molecule is CC12CCC(=O)C=C1CCC1C2C(c2ccc(N)cc2)CC2(C)C(O)CCC12. The summed E-state index contributed by atoms with van der Waals surface area (Å²) in [6.07, 6.45) is 8.82. The van der Waals surface area contributed by atoms with E-state index >= 15 is 0 Å². The zero-order chi connectivity index (χ0) is 19.7. The lowest BCUT2D eigenvalue weighted by atomic mass is 9.44. The minimum Gasteiger partial charge on any atom is -0.399 e. The molecule has 0 spiro atoms. The lowest BCUT2D eigenvalue weighted by Crippen LogP contribution is -2.54. The van der Waals surface area contributed by atoms with E-state index in [-0.39, 0.29) is 16.9 Å². The standard InChI is InChI=1S/C25H33NO2/c1-24-12-11-18(27)13-16(24)5-8-19-21-9-10-22(28)25(21,2)14-20(23(19)24)15-3-6-17(26)7-4-15/h3-4,6-7,13,19-23,28H,5,8-12,14,26H2,1-2H3. The van der Waals surface area contributed by atoms with Crippen LogP contribution < -0.4 is 5.73 Å². The molecule has 0 saturated heterocycles. The van der Waals surface area contributed by atoms with E-state index in [9.17, 15) is 9.90 Å². The summed E-state index contributed by atoms with van der Waals surface area (Å²) in [6, 6.07) is 8.46. The number of fused-ring (bicyclic) bond motifs is 5. The number of carbonyl (C=O) groups is 1. The Morgan fingerprint density at radius 2 is 1.82 bits per heavy atom. The maximum atomic E-state index is 12.2. The van der Waals surface area contributed by atoms with Gasteiger partial charge >= 0.3 is 0 Å². The average Bonchev–Trinajstić information content (AvgIpc) is 2.97. The number of ketones is 1. The number of rotatable bonds is 1. The second-order valence-electron chi connectivity index (χ2n) is 10.5. The van der Waals surface area contributed by atoms with Crippen LogP contribution in [0.25, 0.3) is 0 Å². The number of aliphatic hydroxyl groups excluding tert-OH is 1. The molecule has 3 fully saturated rings. The molecule has 4 aliphatic rings. The Balaban J connectivity index is 1.64. The van der Waals surface area contributed by atoms with Crippen molar-refractivity contribution in [3.8, 4) is 0 Å². The number of benzene rings is 1. The number of aliphatic hydroxyl groups is 1. The Morgan fingerprint density at radius 3 is 2.57 bits per heavy atom. The van der Waals surface area contributed by atoms with Crippen molar-refractivity contribution in [1.29, 1.82) is 0 Å². The van der Waals surface area contributed by atoms with Gasteiger partial charge in [0.2, 0.25) is 0 Å². The quantitative estimate of drug-likeness (QED) is 0.685. The molecule has 0 radical (unpaired) electrons. The van der Waals surface area contributed by atoms with Crippen molar-refractivity contribution in [2.24, 2.45) is 28.6 Å². The number of allylic oxidation sites excluding steroid dienone is 1. The van der Waals surface area contributed by atoms with Gasteiger partial charge in [0, 0.05) is 12.1 Å². The normalized spacial score (nSPS) is 45.0. The summed E-state index contributed by atoms with van der Waals surface area (Å²) in [4.78, 5) is 12.2. The van der Waals surface area contributed by atoms with Gasteiger partial charge in [0.05, 0.1) is 6.10 Å². The fourth-order valence-corrected chi connectivity index (χ4v) is 7.79. The Bertz CT molecular complexity index is 827. The highest BCUT2D eigenvalue weighted by molar-refractivity contribution is 5.91. The molecule has 150 valence electrons. The van der Waals surface area contributed by atoms with Crippen LogP contribution in [0.3, 0.4) is 0 Å². The molecular weight excluding hydrogens is 346 g/mol. The Hall–Kier alpha value is -1.61. The van der Waals surface area contributed by atoms with Crippen molar-refractivity contribution in [2.75, 3.05) is 5.73 Å². The third kappa shape index (κ3) is 2.48. The van der Waals surface area contributed by atoms with Crippen LogP contribution in [0.1, 0.15) is 70.3 Å². The monoisotopic (exact) mass is 379 g/mol. The van der Waals surface area contributed by atoms with Gasteiger partial charge in [-0.1, -0.05) is 31.6 Å². The first-order chi connectivity index (χ1) is 13.3. The van der Waals surface area contributed by atoms with Crippen molar-refractivity contribution in [2.45, 2.75) is 70.8 Å². The molecule has 7 atom stereocenters. The molecule has 5 rings (SSSR count). The minimum absolute atomic E-state index is 0.00921. The molecule has 4 aliphatic carbocycles. The van der Waals surface area contributed by atoms with Gasteiger partial charge in [-0.05, 0) is 96.8 Å². The van der Waals surface area contributed by atoms with E-state index in [4.69, 9.17) is 5.73 Å². The first kappa shape index (κ1) is 18.4. The third-order valence-electron chi connectivity index (χ3n) is 9.24. The van der Waals surface area contributed by atoms with Gasteiger partial charge in [-0.25, -0.2) is 0 Å². The topological polar surface area (TPSA) is 63.3 Å². The first-order valence-electron chi connectivity index (χ1n) is 11.1. The smallest absolute Gasteiger partial charge is 0.155 e. The van der Waals surface area contributed by atoms with E-state index < -0.39 is 0 Å². The molecule has 0 aliphatic heterocycles. The summed E-state index contributed by atoms with van der Waals surface area (Å²) in [5.41, 5.74) is 9.67. The highest BCUT2D eigenvalue weighted by Gasteiger charge is 2.62. The number of nitrogens with two attached hydrogens (primary N) is 1. The molecule has 1 aromatic rings. The van der Waals surface area contributed by atoms with Crippen LogP contribution in [0.15, 0.2) is 35.9 Å². The van der Waals surface area contributed by atoms with Crippen LogP contribution in [-0.4, -0.2) is 17.0 Å². The maximum Gasteiger partial charge on any atom is 0.155 e. The molecule has 0 heterocycles. The van der Waals surface area contributed by atoms with Crippen LogP contribution in [0, 0.1) is 28.6 Å². The number of carbonyl (C=O) groups excluding carboxylic acids is 1. The maximum absolute atomic E-state index is 12.2. The highest BCUT2D eigenvalue weighted by atomic mass is 16.3. The molecule has 0 aromatic heterocycles. The fraction of sp³-hybridized carbons (Fsp3) is 0.640. The van der Waals surface area contributed by atoms with Gasteiger partial charge in [0.15, 0.2) is 5.78 Å². The van der Waals surface area contributed by atoms with Gasteiger partial charge in [-0.15, -0.1) is 0 Å². The van der Waals surface area contributed by atoms with Gasteiger partial charge < -0.3 is 10.8 Å². The van der Waals surface area contributed by atoms with E-state index in [1.165, 1.54) is 11.1 Å². The first-order valence-corrected chi connectivity index (χ1v) is 11.1. The molecule has 3 saturated carbocycles. The van der Waals surface area contributed by atoms with Crippen molar-refractivity contribution < 1.29 is 9.90 Å². The molecule has 3 N–H and O–H groups in total. The lowest BCUT2D eigenvalue weighted by Gasteiger charge is -2.61. The van der Waals surface area contributed by atoms with Crippen molar-refractivity contribution in [1.82, 2.24) is 0 Å². The van der Waals surface area contributed by atoms with Crippen LogP contribution in [0.5, 0.6) is 0 Å². The summed E-state index contributed by atoms with van der Waals surface area (Å²) < 4.78 is 0. The summed E-state index contributed by atoms with van der Waals surface area (Å²) in [6.45, 7) is 4.77. The van der Waals surface area contributed by atoms with Crippen molar-refractivity contribution in [3.05, 3.63) is 41.5 Å². The zero-order valence-electron chi connectivity index (χ0n) is 17.2. The van der Waals surface area contributed by atoms with Gasteiger partial charge in [-0.3, -0.25) is 4.79 Å². The predicted molar refractivity (Wildman–Crippen MR) is 112 cm³/mol.